The Kier molecular flexibility index (Phi) is 27.2. The largest absolute Gasteiger partial charge is 0.481 e. The third-order valence-corrected chi connectivity index (χ3v) is 13.1. The predicted octanol–water partition coefficient (Wildman–Crippen LogP) is 8.18. The Morgan fingerprint density at radius 3 is 1.40 bits per heavy atom. The molecule has 0 saturated carbocycles. The Balaban J connectivity index is 0.000000435. The number of rotatable bonds is 18. The highest BCUT2D eigenvalue weighted by molar-refractivity contribution is 5.83. The second-order valence-electron chi connectivity index (χ2n) is 19.7. The number of carbonyl (C=O) groups is 6. The molecule has 4 heterocycles. The zero-order valence-electron chi connectivity index (χ0n) is 40.7. The van der Waals surface area contributed by atoms with Gasteiger partial charge < -0.3 is 25.2 Å². The molecule has 4 N–H and O–H groups in total. The fraction of sp³-hybridized carbons (Fsp3) is 0.875. The Hall–Kier alpha value is -3.01. The van der Waals surface area contributed by atoms with Crippen molar-refractivity contribution in [2.45, 2.75) is 239 Å². The van der Waals surface area contributed by atoms with Crippen molar-refractivity contribution < 1.29 is 53.6 Å². The lowest BCUT2D eigenvalue weighted by molar-refractivity contribution is -0.149. The van der Waals surface area contributed by atoms with Gasteiger partial charge in [0.25, 0.3) is 0 Å². The maximum absolute atomic E-state index is 13.6. The molecular weight excluding hydrogens is 812 g/mol. The fourth-order valence-electron chi connectivity index (χ4n) is 9.60. The van der Waals surface area contributed by atoms with Crippen LogP contribution in [0.3, 0.4) is 0 Å². The molecule has 4 aliphatic rings. The van der Waals surface area contributed by atoms with Gasteiger partial charge in [0.2, 0.25) is 0 Å². The molecule has 63 heavy (non-hydrogen) atoms. The standard InChI is InChI=1S/C18H31NO4.C10H18FNO2.2C10H19NO2/c1-13(2)19-11-10-15(12-16(19)18(22)23)17(21)9-7-5-4-6-8-14(3)20;1-7(2)12-5-4-10(3,11)6-8(12)9(13)14;2*1-8(2)11-6-4-3-5-9(11)7-10(12)13/h13,15-16H,4-12H2,1-3H3,(H,22,23);7-8H,4-6H2,1-3H3,(H,13,14);2*8-9H,3-7H2,1-2H3,(H,12,13)/t15?,16-;8-,10?;2*9-/m0010/s1. The molecule has 14 nitrogen and oxygen atoms in total. The number of piperidine rings is 4. The lowest BCUT2D eigenvalue weighted by atomic mass is 9.85. The summed E-state index contributed by atoms with van der Waals surface area (Å²) in [6.45, 7) is 22.9. The first-order chi connectivity index (χ1) is 29.4. The number of hydrogen-bond acceptors (Lipinski definition) is 10. The van der Waals surface area contributed by atoms with E-state index < -0.39 is 41.6 Å². The summed E-state index contributed by atoms with van der Waals surface area (Å²) < 4.78 is 13.6. The van der Waals surface area contributed by atoms with Gasteiger partial charge in [-0.3, -0.25) is 43.6 Å². The van der Waals surface area contributed by atoms with Gasteiger partial charge >= 0.3 is 23.9 Å². The van der Waals surface area contributed by atoms with Gasteiger partial charge in [-0.1, -0.05) is 25.7 Å². The van der Waals surface area contributed by atoms with Gasteiger partial charge in [0.15, 0.2) is 0 Å². The summed E-state index contributed by atoms with van der Waals surface area (Å²) in [5, 5.41) is 35.9. The molecule has 0 bridgehead atoms. The minimum Gasteiger partial charge on any atom is -0.481 e. The van der Waals surface area contributed by atoms with Crippen LogP contribution in [-0.2, 0) is 28.8 Å². The van der Waals surface area contributed by atoms with Gasteiger partial charge in [0, 0.05) is 68.0 Å². The summed E-state index contributed by atoms with van der Waals surface area (Å²) in [5.74, 6) is -2.75. The molecule has 4 saturated heterocycles. The molecule has 0 aromatic heterocycles. The van der Waals surface area contributed by atoms with E-state index in [9.17, 15) is 38.3 Å². The van der Waals surface area contributed by atoms with Crippen molar-refractivity contribution in [3.8, 4) is 0 Å². The molecule has 4 aliphatic heterocycles. The maximum Gasteiger partial charge on any atom is 0.321 e. The number of halogens is 1. The van der Waals surface area contributed by atoms with E-state index in [1.165, 1.54) is 32.6 Å². The Labute approximate surface area is 378 Å². The van der Waals surface area contributed by atoms with Crippen LogP contribution < -0.4 is 0 Å². The summed E-state index contributed by atoms with van der Waals surface area (Å²) in [4.78, 5) is 75.2. The number of ketones is 2. The molecule has 0 radical (unpaired) electrons. The molecule has 0 aromatic carbocycles. The smallest absolute Gasteiger partial charge is 0.321 e. The van der Waals surface area contributed by atoms with Crippen molar-refractivity contribution in [2.75, 3.05) is 26.2 Å². The van der Waals surface area contributed by atoms with E-state index in [2.05, 4.69) is 37.5 Å². The summed E-state index contributed by atoms with van der Waals surface area (Å²) in [6, 6.07) is 0.638. The summed E-state index contributed by atoms with van der Waals surface area (Å²) in [5.41, 5.74) is -1.32. The number of hydrogen-bond donors (Lipinski definition) is 4. The van der Waals surface area contributed by atoms with Crippen molar-refractivity contribution in [1.29, 1.82) is 0 Å². The van der Waals surface area contributed by atoms with Crippen LogP contribution in [-0.4, -0.2) is 156 Å². The minimum absolute atomic E-state index is 0.0977. The van der Waals surface area contributed by atoms with E-state index in [-0.39, 0.29) is 48.1 Å². The second-order valence-corrected chi connectivity index (χ2v) is 19.7. The lowest BCUT2D eigenvalue weighted by Crippen LogP contribution is -2.53. The first kappa shape index (κ1) is 58.0. The highest BCUT2D eigenvalue weighted by Crippen LogP contribution is 2.31. The summed E-state index contributed by atoms with van der Waals surface area (Å²) in [6.07, 6.45) is 14.1. The van der Waals surface area contributed by atoms with Gasteiger partial charge in [-0.05, 0) is 147 Å². The quantitative estimate of drug-likeness (QED) is 0.0962. The van der Waals surface area contributed by atoms with Crippen LogP contribution in [0.15, 0.2) is 0 Å². The molecule has 0 aliphatic carbocycles. The monoisotopic (exact) mass is 899 g/mol. The Bertz CT molecular complexity index is 1370. The van der Waals surface area contributed by atoms with Gasteiger partial charge in [0.05, 0.1) is 12.8 Å². The topological polar surface area (TPSA) is 196 Å². The number of alkyl halides is 1. The molecule has 366 valence electrons. The minimum atomic E-state index is -1.32. The Morgan fingerprint density at radius 1 is 0.571 bits per heavy atom. The third kappa shape index (κ3) is 22.6. The highest BCUT2D eigenvalue weighted by atomic mass is 19.1. The molecule has 6 atom stereocenters. The Morgan fingerprint density at radius 2 is 1.00 bits per heavy atom. The van der Waals surface area contributed by atoms with Gasteiger partial charge in [-0.2, -0.15) is 0 Å². The van der Waals surface area contributed by atoms with Crippen molar-refractivity contribution >= 4 is 35.4 Å². The van der Waals surface area contributed by atoms with E-state index in [0.717, 1.165) is 58.0 Å². The molecule has 15 heteroatoms. The third-order valence-electron chi connectivity index (χ3n) is 13.1. The lowest BCUT2D eigenvalue weighted by Gasteiger charge is -2.41. The number of aliphatic carboxylic acids is 4. The molecule has 0 aromatic rings. The van der Waals surface area contributed by atoms with Crippen LogP contribution in [0.2, 0.25) is 0 Å². The predicted molar refractivity (Wildman–Crippen MR) is 245 cm³/mol. The van der Waals surface area contributed by atoms with Crippen molar-refractivity contribution in [3.05, 3.63) is 0 Å². The number of carboxylic acids is 4. The first-order valence-electron chi connectivity index (χ1n) is 24.0. The van der Waals surface area contributed by atoms with Crippen LogP contribution in [0.1, 0.15) is 185 Å². The molecule has 0 amide bonds. The second kappa shape index (κ2) is 29.5. The van der Waals surface area contributed by atoms with Crippen LogP contribution in [0.25, 0.3) is 0 Å². The van der Waals surface area contributed by atoms with Crippen molar-refractivity contribution in [2.24, 2.45) is 5.92 Å². The molecule has 4 fully saturated rings. The van der Waals surface area contributed by atoms with E-state index in [1.807, 2.05) is 37.5 Å². The van der Waals surface area contributed by atoms with Gasteiger partial charge in [-0.25, -0.2) is 4.39 Å². The van der Waals surface area contributed by atoms with E-state index >= 15 is 0 Å². The average molecular weight is 899 g/mol. The summed E-state index contributed by atoms with van der Waals surface area (Å²) >= 11 is 0. The fourth-order valence-corrected chi connectivity index (χ4v) is 9.60. The molecule has 2 unspecified atom stereocenters. The van der Waals surface area contributed by atoms with E-state index in [1.54, 1.807) is 6.92 Å². The van der Waals surface area contributed by atoms with Crippen LogP contribution >= 0.6 is 0 Å². The first-order valence-corrected chi connectivity index (χ1v) is 24.0. The number of carboxylic acid groups (broad SMARTS) is 4. The van der Waals surface area contributed by atoms with E-state index in [4.69, 9.17) is 15.3 Å². The van der Waals surface area contributed by atoms with Crippen molar-refractivity contribution in [3.63, 3.8) is 0 Å². The summed E-state index contributed by atoms with van der Waals surface area (Å²) in [7, 11) is 0. The number of carbonyl (C=O) groups excluding carboxylic acids is 2. The number of Topliss-reactive ketones (excluding diaryl/α,β-unsaturated/α-hetero) is 2. The average Bonchev–Trinajstić information content (AvgIpc) is 3.18. The van der Waals surface area contributed by atoms with Crippen molar-refractivity contribution in [1.82, 2.24) is 19.6 Å². The van der Waals surface area contributed by atoms with Crippen LogP contribution in [0.5, 0.6) is 0 Å². The molecule has 4 rings (SSSR count). The van der Waals surface area contributed by atoms with Gasteiger partial charge in [-0.15, -0.1) is 0 Å². The maximum atomic E-state index is 13.6. The zero-order chi connectivity index (χ0) is 48.0. The SMILES string of the molecule is CC(=O)CCCCCCC(=O)C1CCN(C(C)C)[C@H](C(=O)O)C1.CC(C)N1CCC(C)(F)C[C@H]1C(=O)O.CC(C)N1CCCC[C@@H]1CC(=O)O.CC(C)N1CCCC[C@H]1CC(=O)O. The zero-order valence-corrected chi connectivity index (χ0v) is 40.7. The normalized spacial score (nSPS) is 26.2. The molecular formula is C48H87FN4O10. The molecule has 0 spiro atoms. The number of nitrogens with zero attached hydrogens (tertiary/aromatic N) is 4. The highest BCUT2D eigenvalue weighted by Gasteiger charge is 2.41. The number of unbranched alkanes of at least 4 members (excludes halogenated alkanes) is 3. The van der Waals surface area contributed by atoms with Crippen LogP contribution in [0, 0.1) is 5.92 Å². The number of likely N-dealkylation sites (tertiary alicyclic amines) is 4. The van der Waals surface area contributed by atoms with Crippen LogP contribution in [0.4, 0.5) is 4.39 Å². The van der Waals surface area contributed by atoms with Gasteiger partial charge in [0.1, 0.15) is 29.3 Å². The van der Waals surface area contributed by atoms with E-state index in [0.29, 0.717) is 63.7 Å².